The van der Waals surface area contributed by atoms with E-state index in [2.05, 4.69) is 15.3 Å². The van der Waals surface area contributed by atoms with Crippen molar-refractivity contribution in [1.29, 1.82) is 0 Å². The number of aromatic nitrogens is 2. The maximum absolute atomic E-state index is 12.3. The molecule has 0 unspecified atom stereocenters. The van der Waals surface area contributed by atoms with E-state index in [0.29, 0.717) is 27.1 Å². The number of carbonyl (C=O) groups excluding carboxylic acids is 1. The van der Waals surface area contributed by atoms with E-state index < -0.39 is 0 Å². The number of nitrogens with one attached hydrogen (secondary N) is 1. The highest BCUT2D eigenvalue weighted by Gasteiger charge is 2.09. The normalized spacial score (nSPS) is 10.5. The first-order chi connectivity index (χ1) is 11.5. The Morgan fingerprint density at radius 2 is 1.67 bits per heavy atom. The maximum atomic E-state index is 12.3. The summed E-state index contributed by atoms with van der Waals surface area (Å²) in [6.45, 7) is 1.90. The molecule has 1 aromatic heterocycles. The Balaban J connectivity index is 1.76. The van der Waals surface area contributed by atoms with E-state index in [-0.39, 0.29) is 5.91 Å². The Morgan fingerprint density at radius 1 is 1.00 bits per heavy atom. The number of halogens is 2. The molecule has 1 heterocycles. The zero-order valence-electron chi connectivity index (χ0n) is 12.8. The summed E-state index contributed by atoms with van der Waals surface area (Å²) in [5.41, 5.74) is 2.77. The maximum Gasteiger partial charge on any atom is 0.258 e. The fourth-order valence-corrected chi connectivity index (χ4v) is 2.37. The standard InChI is InChI=1S/C18H13Cl2N3O/c1-11-2-7-15(8-16(11)20)23-18(24)13-9-21-17(22-10-13)12-3-5-14(19)6-4-12/h2-10H,1H3,(H,23,24). The van der Waals surface area contributed by atoms with Crippen molar-refractivity contribution in [2.24, 2.45) is 0 Å². The highest BCUT2D eigenvalue weighted by molar-refractivity contribution is 6.31. The van der Waals surface area contributed by atoms with Crippen molar-refractivity contribution in [3.8, 4) is 11.4 Å². The van der Waals surface area contributed by atoms with Gasteiger partial charge in [-0.15, -0.1) is 0 Å². The Bertz CT molecular complexity index is 878. The first-order valence-electron chi connectivity index (χ1n) is 7.18. The highest BCUT2D eigenvalue weighted by Crippen LogP contribution is 2.21. The molecular formula is C18H13Cl2N3O. The minimum absolute atomic E-state index is 0.294. The van der Waals surface area contributed by atoms with Gasteiger partial charge in [-0.1, -0.05) is 29.3 Å². The third kappa shape index (κ3) is 3.72. The van der Waals surface area contributed by atoms with Crippen molar-refractivity contribution in [3.05, 3.63) is 76.0 Å². The van der Waals surface area contributed by atoms with Gasteiger partial charge in [-0.05, 0) is 48.9 Å². The van der Waals surface area contributed by atoms with E-state index >= 15 is 0 Å². The summed E-state index contributed by atoms with van der Waals surface area (Å²) < 4.78 is 0. The summed E-state index contributed by atoms with van der Waals surface area (Å²) >= 11 is 11.9. The largest absolute Gasteiger partial charge is 0.322 e. The molecule has 0 bridgehead atoms. The molecule has 6 heteroatoms. The van der Waals surface area contributed by atoms with Gasteiger partial charge in [0.05, 0.1) is 5.56 Å². The van der Waals surface area contributed by atoms with Crippen molar-refractivity contribution in [3.63, 3.8) is 0 Å². The van der Waals surface area contributed by atoms with Crippen LogP contribution in [0.1, 0.15) is 15.9 Å². The zero-order valence-corrected chi connectivity index (χ0v) is 14.3. The van der Waals surface area contributed by atoms with E-state index in [1.54, 1.807) is 24.3 Å². The SMILES string of the molecule is Cc1ccc(NC(=O)c2cnc(-c3ccc(Cl)cc3)nc2)cc1Cl. The molecule has 0 aliphatic carbocycles. The van der Waals surface area contributed by atoms with Gasteiger partial charge in [0.15, 0.2) is 5.82 Å². The lowest BCUT2D eigenvalue weighted by Crippen LogP contribution is -2.12. The van der Waals surface area contributed by atoms with Gasteiger partial charge in [-0.3, -0.25) is 4.79 Å². The second-order valence-corrected chi connectivity index (χ2v) is 6.06. The van der Waals surface area contributed by atoms with Crippen LogP contribution in [-0.4, -0.2) is 15.9 Å². The third-order valence-corrected chi connectivity index (χ3v) is 4.11. The van der Waals surface area contributed by atoms with E-state index in [1.807, 2.05) is 25.1 Å². The Labute approximate surface area is 149 Å². The smallest absolute Gasteiger partial charge is 0.258 e. The quantitative estimate of drug-likeness (QED) is 0.716. The molecule has 24 heavy (non-hydrogen) atoms. The van der Waals surface area contributed by atoms with E-state index in [0.717, 1.165) is 11.1 Å². The van der Waals surface area contributed by atoms with Gasteiger partial charge in [0.2, 0.25) is 0 Å². The number of nitrogens with zero attached hydrogens (tertiary/aromatic N) is 2. The first-order valence-corrected chi connectivity index (χ1v) is 7.94. The molecule has 3 rings (SSSR count). The van der Waals surface area contributed by atoms with Crippen LogP contribution in [0.4, 0.5) is 5.69 Å². The molecule has 0 saturated heterocycles. The second kappa shape index (κ2) is 6.99. The lowest BCUT2D eigenvalue weighted by Gasteiger charge is -2.07. The van der Waals surface area contributed by atoms with Gasteiger partial charge in [-0.25, -0.2) is 9.97 Å². The molecule has 0 spiro atoms. The van der Waals surface area contributed by atoms with Crippen molar-refractivity contribution < 1.29 is 4.79 Å². The fourth-order valence-electron chi connectivity index (χ4n) is 2.07. The summed E-state index contributed by atoms with van der Waals surface area (Å²) in [7, 11) is 0. The second-order valence-electron chi connectivity index (χ2n) is 5.22. The average Bonchev–Trinajstić information content (AvgIpc) is 2.59. The van der Waals surface area contributed by atoms with Crippen LogP contribution >= 0.6 is 23.2 Å². The van der Waals surface area contributed by atoms with Gasteiger partial charge in [0.25, 0.3) is 5.91 Å². The molecule has 1 N–H and O–H groups in total. The van der Waals surface area contributed by atoms with Crippen molar-refractivity contribution in [1.82, 2.24) is 9.97 Å². The van der Waals surface area contributed by atoms with Crippen molar-refractivity contribution in [2.75, 3.05) is 5.32 Å². The minimum atomic E-state index is -0.294. The molecule has 0 atom stereocenters. The van der Waals surface area contributed by atoms with Gasteiger partial charge in [0.1, 0.15) is 0 Å². The lowest BCUT2D eigenvalue weighted by molar-refractivity contribution is 0.102. The van der Waals surface area contributed by atoms with E-state index in [4.69, 9.17) is 23.2 Å². The van der Waals surface area contributed by atoms with Crippen LogP contribution in [0.5, 0.6) is 0 Å². The molecule has 0 aliphatic heterocycles. The topological polar surface area (TPSA) is 54.9 Å². The molecule has 1 amide bonds. The molecule has 0 fully saturated rings. The third-order valence-electron chi connectivity index (χ3n) is 3.45. The van der Waals surface area contributed by atoms with Gasteiger partial charge < -0.3 is 5.32 Å². The number of hydrogen-bond acceptors (Lipinski definition) is 3. The van der Waals surface area contributed by atoms with Crippen LogP contribution in [0.2, 0.25) is 10.0 Å². The molecular weight excluding hydrogens is 345 g/mol. The number of carbonyl (C=O) groups is 1. The predicted molar refractivity (Wildman–Crippen MR) is 96.6 cm³/mol. The summed E-state index contributed by atoms with van der Waals surface area (Å²) in [6, 6.07) is 12.5. The molecule has 0 radical (unpaired) electrons. The minimum Gasteiger partial charge on any atom is -0.322 e. The predicted octanol–water partition coefficient (Wildman–Crippen LogP) is 5.01. The number of anilines is 1. The molecule has 120 valence electrons. The Morgan fingerprint density at radius 3 is 2.29 bits per heavy atom. The van der Waals surface area contributed by atoms with E-state index in [9.17, 15) is 4.79 Å². The van der Waals surface area contributed by atoms with Gasteiger partial charge >= 0.3 is 0 Å². The zero-order chi connectivity index (χ0) is 17.1. The highest BCUT2D eigenvalue weighted by atomic mass is 35.5. The monoisotopic (exact) mass is 357 g/mol. The van der Waals surface area contributed by atoms with E-state index in [1.165, 1.54) is 12.4 Å². The van der Waals surface area contributed by atoms with Crippen LogP contribution < -0.4 is 5.32 Å². The number of amides is 1. The Hall–Kier alpha value is -2.43. The number of aryl methyl sites for hydroxylation is 1. The molecule has 0 saturated carbocycles. The number of hydrogen-bond donors (Lipinski definition) is 1. The number of benzene rings is 2. The summed E-state index contributed by atoms with van der Waals surface area (Å²) in [5.74, 6) is 0.235. The van der Waals surface area contributed by atoms with Crippen LogP contribution in [-0.2, 0) is 0 Å². The van der Waals surface area contributed by atoms with Crippen molar-refractivity contribution >= 4 is 34.8 Å². The fraction of sp³-hybridized carbons (Fsp3) is 0.0556. The number of rotatable bonds is 3. The van der Waals surface area contributed by atoms with Crippen molar-refractivity contribution in [2.45, 2.75) is 6.92 Å². The van der Waals surface area contributed by atoms with Crippen LogP contribution in [0.25, 0.3) is 11.4 Å². The first kappa shape index (κ1) is 16.4. The molecule has 3 aromatic rings. The van der Waals surface area contributed by atoms with Crippen LogP contribution in [0.3, 0.4) is 0 Å². The van der Waals surface area contributed by atoms with Crippen LogP contribution in [0.15, 0.2) is 54.9 Å². The molecule has 2 aromatic carbocycles. The van der Waals surface area contributed by atoms with Crippen LogP contribution in [0, 0.1) is 6.92 Å². The average molecular weight is 358 g/mol. The van der Waals surface area contributed by atoms with Gasteiger partial charge in [0, 0.05) is 33.7 Å². The summed E-state index contributed by atoms with van der Waals surface area (Å²) in [5, 5.41) is 4.02. The Kier molecular flexibility index (Phi) is 4.79. The summed E-state index contributed by atoms with van der Waals surface area (Å²) in [6.07, 6.45) is 2.98. The van der Waals surface area contributed by atoms with Gasteiger partial charge in [-0.2, -0.15) is 0 Å². The summed E-state index contributed by atoms with van der Waals surface area (Å²) in [4.78, 5) is 20.7. The molecule has 4 nitrogen and oxygen atoms in total. The lowest BCUT2D eigenvalue weighted by atomic mass is 10.2. The molecule has 0 aliphatic rings.